The number of aliphatic hydroxyl groups excluding tert-OH is 1. The molecule has 5 nitrogen and oxygen atoms in total. The SMILES string of the molecule is CCC(C#N)S(=O)(=O)NCC1(CO)CCCCC1. The minimum absolute atomic E-state index is 0.00113. The Morgan fingerprint density at radius 2 is 2.00 bits per heavy atom. The number of aliphatic hydroxyl groups is 1. The lowest BCUT2D eigenvalue weighted by Gasteiger charge is -2.35. The zero-order valence-corrected chi connectivity index (χ0v) is 11.7. The quantitative estimate of drug-likeness (QED) is 0.760. The van der Waals surface area contributed by atoms with E-state index in [4.69, 9.17) is 5.26 Å². The first-order valence-electron chi connectivity index (χ1n) is 6.48. The predicted molar refractivity (Wildman–Crippen MR) is 69.2 cm³/mol. The van der Waals surface area contributed by atoms with Crippen LogP contribution in [0.3, 0.4) is 0 Å². The van der Waals surface area contributed by atoms with Gasteiger partial charge in [0.15, 0.2) is 5.25 Å². The molecule has 0 aromatic carbocycles. The third-order valence-electron chi connectivity index (χ3n) is 3.79. The predicted octanol–water partition coefficient (Wildman–Crippen LogP) is 1.15. The molecule has 0 radical (unpaired) electrons. The standard InChI is InChI=1S/C12H22N2O3S/c1-2-11(8-13)18(16,17)14-9-12(10-15)6-4-3-5-7-12/h11,14-15H,2-7,9-10H2,1H3. The van der Waals surface area contributed by atoms with Gasteiger partial charge in [-0.15, -0.1) is 0 Å². The number of nitrogens with zero attached hydrogens (tertiary/aromatic N) is 1. The summed E-state index contributed by atoms with van der Waals surface area (Å²) in [5.41, 5.74) is -0.334. The molecular weight excluding hydrogens is 252 g/mol. The van der Waals surface area contributed by atoms with Crippen molar-refractivity contribution in [1.82, 2.24) is 4.72 Å². The van der Waals surface area contributed by atoms with Crippen molar-refractivity contribution in [3.05, 3.63) is 0 Å². The van der Waals surface area contributed by atoms with Crippen molar-refractivity contribution < 1.29 is 13.5 Å². The van der Waals surface area contributed by atoms with Crippen LogP contribution in [0.4, 0.5) is 0 Å². The molecule has 1 aliphatic carbocycles. The molecule has 1 rings (SSSR count). The number of nitrogens with one attached hydrogen (secondary N) is 1. The summed E-state index contributed by atoms with van der Waals surface area (Å²) in [6.45, 7) is 1.92. The first-order valence-corrected chi connectivity index (χ1v) is 8.03. The molecular formula is C12H22N2O3S. The molecule has 0 aromatic rings. The maximum atomic E-state index is 11.9. The molecule has 1 fully saturated rings. The monoisotopic (exact) mass is 274 g/mol. The third kappa shape index (κ3) is 3.67. The van der Waals surface area contributed by atoms with Crippen LogP contribution in [0.5, 0.6) is 0 Å². The van der Waals surface area contributed by atoms with Gasteiger partial charge in [0.05, 0.1) is 6.07 Å². The summed E-state index contributed by atoms with van der Waals surface area (Å²) in [5.74, 6) is 0. The average molecular weight is 274 g/mol. The van der Waals surface area contributed by atoms with Crippen LogP contribution in [-0.2, 0) is 10.0 Å². The summed E-state index contributed by atoms with van der Waals surface area (Å²) in [4.78, 5) is 0. The Labute approximate surface area is 109 Å². The minimum atomic E-state index is -3.59. The molecule has 2 N–H and O–H groups in total. The number of sulfonamides is 1. The zero-order valence-electron chi connectivity index (χ0n) is 10.9. The van der Waals surface area contributed by atoms with E-state index in [1.807, 2.05) is 0 Å². The van der Waals surface area contributed by atoms with Crippen LogP contribution in [0, 0.1) is 16.7 Å². The Hall–Kier alpha value is -0.640. The van der Waals surface area contributed by atoms with Crippen LogP contribution < -0.4 is 4.72 Å². The van der Waals surface area contributed by atoms with Gasteiger partial charge in [-0.25, -0.2) is 13.1 Å². The first-order chi connectivity index (χ1) is 8.49. The fourth-order valence-corrected chi connectivity index (χ4v) is 3.71. The maximum absolute atomic E-state index is 11.9. The van der Waals surface area contributed by atoms with Gasteiger partial charge in [-0.05, 0) is 19.3 Å². The van der Waals surface area contributed by atoms with Crippen LogP contribution in [0.25, 0.3) is 0 Å². The summed E-state index contributed by atoms with van der Waals surface area (Å²) in [5, 5.41) is 17.3. The maximum Gasteiger partial charge on any atom is 0.227 e. The summed E-state index contributed by atoms with van der Waals surface area (Å²) in [6.07, 6.45) is 5.16. The summed E-state index contributed by atoms with van der Waals surface area (Å²) >= 11 is 0. The minimum Gasteiger partial charge on any atom is -0.396 e. The van der Waals surface area contributed by atoms with Crippen molar-refractivity contribution in [3.63, 3.8) is 0 Å². The van der Waals surface area contributed by atoms with Gasteiger partial charge in [0, 0.05) is 18.6 Å². The van der Waals surface area contributed by atoms with Gasteiger partial charge in [0.2, 0.25) is 10.0 Å². The van der Waals surface area contributed by atoms with Crippen LogP contribution in [0.15, 0.2) is 0 Å². The molecule has 0 aromatic heterocycles. The van der Waals surface area contributed by atoms with E-state index in [-0.39, 0.29) is 25.0 Å². The fraction of sp³-hybridized carbons (Fsp3) is 0.917. The van der Waals surface area contributed by atoms with Crippen LogP contribution in [0.1, 0.15) is 45.4 Å². The molecule has 1 atom stereocenters. The van der Waals surface area contributed by atoms with Crippen molar-refractivity contribution in [2.75, 3.05) is 13.2 Å². The van der Waals surface area contributed by atoms with E-state index in [1.54, 1.807) is 13.0 Å². The molecule has 1 saturated carbocycles. The van der Waals surface area contributed by atoms with E-state index in [0.29, 0.717) is 0 Å². The molecule has 0 bridgehead atoms. The first kappa shape index (κ1) is 15.4. The van der Waals surface area contributed by atoms with Crippen LogP contribution in [0.2, 0.25) is 0 Å². The highest BCUT2D eigenvalue weighted by Crippen LogP contribution is 2.35. The lowest BCUT2D eigenvalue weighted by Crippen LogP contribution is -2.44. The second kappa shape index (κ2) is 6.50. The van der Waals surface area contributed by atoms with Crippen LogP contribution in [-0.4, -0.2) is 31.9 Å². The van der Waals surface area contributed by atoms with E-state index < -0.39 is 15.3 Å². The highest BCUT2D eigenvalue weighted by atomic mass is 32.2. The highest BCUT2D eigenvalue weighted by Gasteiger charge is 2.34. The molecule has 104 valence electrons. The van der Waals surface area contributed by atoms with Gasteiger partial charge in [-0.2, -0.15) is 5.26 Å². The lowest BCUT2D eigenvalue weighted by atomic mass is 9.75. The van der Waals surface area contributed by atoms with Gasteiger partial charge in [0.1, 0.15) is 0 Å². The Kier molecular flexibility index (Phi) is 5.57. The zero-order chi connectivity index (χ0) is 13.6. The average Bonchev–Trinajstić information content (AvgIpc) is 2.39. The molecule has 0 spiro atoms. The largest absolute Gasteiger partial charge is 0.396 e. The smallest absolute Gasteiger partial charge is 0.227 e. The number of rotatable bonds is 6. The number of nitriles is 1. The summed E-state index contributed by atoms with van der Waals surface area (Å²) < 4.78 is 26.3. The van der Waals surface area contributed by atoms with Crippen molar-refractivity contribution >= 4 is 10.0 Å². The van der Waals surface area contributed by atoms with Crippen LogP contribution >= 0.6 is 0 Å². The Bertz CT molecular complexity index is 394. The molecule has 0 saturated heterocycles. The van der Waals surface area contributed by atoms with E-state index in [2.05, 4.69) is 4.72 Å². The second-order valence-electron chi connectivity index (χ2n) is 5.11. The molecule has 1 aliphatic rings. The highest BCUT2D eigenvalue weighted by molar-refractivity contribution is 7.90. The third-order valence-corrected chi connectivity index (χ3v) is 5.52. The Morgan fingerprint density at radius 3 is 2.44 bits per heavy atom. The van der Waals surface area contributed by atoms with Gasteiger partial charge < -0.3 is 5.11 Å². The molecule has 0 heterocycles. The van der Waals surface area contributed by atoms with Crippen molar-refractivity contribution in [2.24, 2.45) is 5.41 Å². The molecule has 18 heavy (non-hydrogen) atoms. The summed E-state index contributed by atoms with van der Waals surface area (Å²) in [7, 11) is -3.59. The van der Waals surface area contributed by atoms with E-state index >= 15 is 0 Å². The van der Waals surface area contributed by atoms with E-state index in [9.17, 15) is 13.5 Å². The Balaban J connectivity index is 2.65. The second-order valence-corrected chi connectivity index (χ2v) is 7.06. The number of hydrogen-bond donors (Lipinski definition) is 2. The molecule has 0 amide bonds. The molecule has 6 heteroatoms. The fourth-order valence-electron chi connectivity index (χ4n) is 2.43. The van der Waals surface area contributed by atoms with Crippen molar-refractivity contribution in [2.45, 2.75) is 50.7 Å². The van der Waals surface area contributed by atoms with Gasteiger partial charge in [0.25, 0.3) is 0 Å². The molecule has 0 aliphatic heterocycles. The van der Waals surface area contributed by atoms with Gasteiger partial charge in [-0.1, -0.05) is 26.2 Å². The normalized spacial score (nSPS) is 21.2. The van der Waals surface area contributed by atoms with Crippen molar-refractivity contribution in [1.29, 1.82) is 5.26 Å². The van der Waals surface area contributed by atoms with E-state index in [0.717, 1.165) is 32.1 Å². The lowest BCUT2D eigenvalue weighted by molar-refractivity contribution is 0.0867. The van der Waals surface area contributed by atoms with Gasteiger partial charge in [-0.3, -0.25) is 0 Å². The van der Waals surface area contributed by atoms with E-state index in [1.165, 1.54) is 0 Å². The summed E-state index contributed by atoms with van der Waals surface area (Å²) in [6, 6.07) is 1.80. The molecule has 1 unspecified atom stereocenters. The van der Waals surface area contributed by atoms with Gasteiger partial charge >= 0.3 is 0 Å². The Morgan fingerprint density at radius 1 is 1.39 bits per heavy atom. The van der Waals surface area contributed by atoms with Crippen molar-refractivity contribution in [3.8, 4) is 6.07 Å². The topological polar surface area (TPSA) is 90.2 Å². The number of hydrogen-bond acceptors (Lipinski definition) is 4.